The molecule has 0 bridgehead atoms. The van der Waals surface area contributed by atoms with Crippen molar-refractivity contribution in [2.24, 2.45) is 11.8 Å². The van der Waals surface area contributed by atoms with Gasteiger partial charge in [0.25, 0.3) is 0 Å². The summed E-state index contributed by atoms with van der Waals surface area (Å²) in [7, 11) is 0. The molecule has 3 rings (SSSR count). The second kappa shape index (κ2) is 6.07. The van der Waals surface area contributed by atoms with Gasteiger partial charge >= 0.3 is 0 Å². The first-order valence-corrected chi connectivity index (χ1v) is 8.20. The SMILES string of the molecule is C=C1CCC(C2Cc3ccc(CCC)cc3CC2=O)C(=O)N1. The van der Waals surface area contributed by atoms with Crippen LogP contribution in [-0.2, 0) is 28.9 Å². The molecule has 2 atom stereocenters. The van der Waals surface area contributed by atoms with Crippen LogP contribution in [0, 0.1) is 11.8 Å². The first kappa shape index (κ1) is 15.0. The molecule has 2 unspecified atom stereocenters. The fraction of sp³-hybridized carbons (Fsp3) is 0.474. The van der Waals surface area contributed by atoms with Gasteiger partial charge in [0.05, 0.1) is 0 Å². The molecule has 1 heterocycles. The maximum Gasteiger partial charge on any atom is 0.227 e. The molecule has 1 aromatic rings. The molecule has 0 radical (unpaired) electrons. The Morgan fingerprint density at radius 2 is 2.05 bits per heavy atom. The van der Waals surface area contributed by atoms with E-state index in [0.717, 1.165) is 36.9 Å². The fourth-order valence-corrected chi connectivity index (χ4v) is 3.70. The molecule has 22 heavy (non-hydrogen) atoms. The van der Waals surface area contributed by atoms with E-state index in [1.165, 1.54) is 11.1 Å². The van der Waals surface area contributed by atoms with E-state index in [0.29, 0.717) is 12.8 Å². The minimum atomic E-state index is -0.193. The minimum absolute atomic E-state index is 0.0272. The summed E-state index contributed by atoms with van der Waals surface area (Å²) < 4.78 is 0. The van der Waals surface area contributed by atoms with E-state index >= 15 is 0 Å². The van der Waals surface area contributed by atoms with Crippen molar-refractivity contribution in [2.45, 2.75) is 45.4 Å². The van der Waals surface area contributed by atoms with E-state index in [1.807, 2.05) is 0 Å². The summed E-state index contributed by atoms with van der Waals surface area (Å²) in [5.41, 5.74) is 4.47. The Bertz CT molecular complexity index is 632. The van der Waals surface area contributed by atoms with Gasteiger partial charge in [-0.2, -0.15) is 0 Å². The van der Waals surface area contributed by atoms with Gasteiger partial charge in [-0.25, -0.2) is 0 Å². The van der Waals surface area contributed by atoms with Crippen molar-refractivity contribution >= 4 is 11.7 Å². The van der Waals surface area contributed by atoms with Gasteiger partial charge < -0.3 is 5.32 Å². The molecular formula is C19H23NO2. The predicted octanol–water partition coefficient (Wildman–Crippen LogP) is 2.96. The average molecular weight is 297 g/mol. The molecule has 1 aliphatic heterocycles. The molecular weight excluding hydrogens is 274 g/mol. The van der Waals surface area contributed by atoms with E-state index in [4.69, 9.17) is 0 Å². The zero-order valence-corrected chi connectivity index (χ0v) is 13.2. The quantitative estimate of drug-likeness (QED) is 0.932. The topological polar surface area (TPSA) is 46.2 Å². The lowest BCUT2D eigenvalue weighted by atomic mass is 9.73. The Morgan fingerprint density at radius 1 is 1.23 bits per heavy atom. The van der Waals surface area contributed by atoms with Gasteiger partial charge in [-0.05, 0) is 42.4 Å². The average Bonchev–Trinajstić information content (AvgIpc) is 2.47. The van der Waals surface area contributed by atoms with E-state index in [2.05, 4.69) is 37.0 Å². The summed E-state index contributed by atoms with van der Waals surface area (Å²) in [6.07, 6.45) is 4.86. The normalized spacial score (nSPS) is 24.9. The summed E-state index contributed by atoms with van der Waals surface area (Å²) in [4.78, 5) is 24.7. The minimum Gasteiger partial charge on any atom is -0.330 e. The molecule has 2 aliphatic rings. The summed E-state index contributed by atoms with van der Waals surface area (Å²) in [5, 5.41) is 2.81. The van der Waals surface area contributed by atoms with Crippen LogP contribution in [0.15, 0.2) is 30.5 Å². The predicted molar refractivity (Wildman–Crippen MR) is 86.3 cm³/mol. The van der Waals surface area contributed by atoms with Crippen LogP contribution in [0.25, 0.3) is 0 Å². The molecule has 0 saturated carbocycles. The van der Waals surface area contributed by atoms with Gasteiger partial charge in [0.2, 0.25) is 5.91 Å². The first-order chi connectivity index (χ1) is 10.6. The zero-order valence-electron chi connectivity index (χ0n) is 13.2. The van der Waals surface area contributed by atoms with Crippen molar-refractivity contribution in [2.75, 3.05) is 0 Å². The Balaban J connectivity index is 1.81. The number of amides is 1. The molecule has 116 valence electrons. The van der Waals surface area contributed by atoms with Crippen molar-refractivity contribution in [1.82, 2.24) is 5.32 Å². The van der Waals surface area contributed by atoms with Crippen LogP contribution in [0.5, 0.6) is 0 Å². The van der Waals surface area contributed by atoms with Crippen LogP contribution in [-0.4, -0.2) is 11.7 Å². The monoisotopic (exact) mass is 297 g/mol. The molecule has 1 fully saturated rings. The number of nitrogens with one attached hydrogen (secondary N) is 1. The third kappa shape index (κ3) is 2.85. The van der Waals surface area contributed by atoms with Crippen molar-refractivity contribution < 1.29 is 9.59 Å². The van der Waals surface area contributed by atoms with Crippen molar-refractivity contribution in [3.63, 3.8) is 0 Å². The Hall–Kier alpha value is -1.90. The summed E-state index contributed by atoms with van der Waals surface area (Å²) >= 11 is 0. The van der Waals surface area contributed by atoms with Crippen LogP contribution < -0.4 is 5.32 Å². The van der Waals surface area contributed by atoms with Gasteiger partial charge in [-0.15, -0.1) is 0 Å². The number of ketones is 1. The van der Waals surface area contributed by atoms with Crippen LogP contribution in [0.4, 0.5) is 0 Å². The number of piperidine rings is 1. The molecule has 1 saturated heterocycles. The van der Waals surface area contributed by atoms with Crippen LogP contribution in [0.1, 0.15) is 42.9 Å². The van der Waals surface area contributed by atoms with E-state index in [-0.39, 0.29) is 23.5 Å². The Kier molecular flexibility index (Phi) is 4.14. The highest BCUT2D eigenvalue weighted by Gasteiger charge is 2.38. The third-order valence-electron chi connectivity index (χ3n) is 4.91. The Labute approximate surface area is 131 Å². The highest BCUT2D eigenvalue weighted by atomic mass is 16.2. The molecule has 1 amide bonds. The van der Waals surface area contributed by atoms with Gasteiger partial charge in [-0.1, -0.05) is 38.1 Å². The fourth-order valence-electron chi connectivity index (χ4n) is 3.70. The number of carbonyl (C=O) groups excluding carboxylic acids is 2. The molecule has 1 aromatic carbocycles. The lowest BCUT2D eigenvalue weighted by Crippen LogP contribution is -2.43. The number of allylic oxidation sites excluding steroid dienone is 1. The molecule has 1 N–H and O–H groups in total. The number of aryl methyl sites for hydroxylation is 1. The third-order valence-corrected chi connectivity index (χ3v) is 4.91. The van der Waals surface area contributed by atoms with Crippen molar-refractivity contribution in [3.05, 3.63) is 47.2 Å². The van der Waals surface area contributed by atoms with Gasteiger partial charge in [0, 0.05) is 24.0 Å². The number of hydrogen-bond donors (Lipinski definition) is 1. The van der Waals surface area contributed by atoms with Crippen molar-refractivity contribution in [3.8, 4) is 0 Å². The largest absolute Gasteiger partial charge is 0.330 e. The molecule has 3 heteroatoms. The summed E-state index contributed by atoms with van der Waals surface area (Å²) in [6.45, 7) is 5.97. The second-order valence-electron chi connectivity index (χ2n) is 6.54. The highest BCUT2D eigenvalue weighted by molar-refractivity contribution is 5.92. The van der Waals surface area contributed by atoms with Crippen molar-refractivity contribution in [1.29, 1.82) is 0 Å². The number of hydrogen-bond acceptors (Lipinski definition) is 2. The summed E-state index contributed by atoms with van der Waals surface area (Å²) in [6, 6.07) is 6.49. The summed E-state index contributed by atoms with van der Waals surface area (Å²) in [5.74, 6) is -0.173. The molecule has 0 spiro atoms. The lowest BCUT2D eigenvalue weighted by Gasteiger charge is -2.33. The number of rotatable bonds is 3. The van der Waals surface area contributed by atoms with Gasteiger partial charge in [0.15, 0.2) is 0 Å². The van der Waals surface area contributed by atoms with Gasteiger partial charge in [0.1, 0.15) is 5.78 Å². The number of carbonyl (C=O) groups is 2. The van der Waals surface area contributed by atoms with Gasteiger partial charge in [-0.3, -0.25) is 9.59 Å². The number of benzene rings is 1. The zero-order chi connectivity index (χ0) is 15.7. The Morgan fingerprint density at radius 3 is 2.77 bits per heavy atom. The highest BCUT2D eigenvalue weighted by Crippen LogP contribution is 2.33. The first-order valence-electron chi connectivity index (χ1n) is 8.20. The smallest absolute Gasteiger partial charge is 0.227 e. The molecule has 0 aromatic heterocycles. The number of fused-ring (bicyclic) bond motifs is 1. The van der Waals surface area contributed by atoms with E-state index < -0.39 is 0 Å². The second-order valence-corrected chi connectivity index (χ2v) is 6.54. The molecule has 1 aliphatic carbocycles. The van der Waals surface area contributed by atoms with E-state index in [1.54, 1.807) is 0 Å². The van der Waals surface area contributed by atoms with Crippen LogP contribution >= 0.6 is 0 Å². The van der Waals surface area contributed by atoms with Crippen LogP contribution in [0.3, 0.4) is 0 Å². The molecule has 3 nitrogen and oxygen atoms in total. The lowest BCUT2D eigenvalue weighted by molar-refractivity contribution is -0.134. The standard InChI is InChI=1S/C19H23NO2/c1-3-4-13-6-7-14-10-17(18(21)11-15(14)9-13)16-8-5-12(2)20-19(16)22/h6-7,9,16-17H,2-5,8,10-11H2,1H3,(H,20,22). The maximum absolute atomic E-state index is 12.6. The maximum atomic E-state index is 12.6. The number of Topliss-reactive ketones (excluding diaryl/α,β-unsaturated/α-hetero) is 1. The van der Waals surface area contributed by atoms with E-state index in [9.17, 15) is 9.59 Å². The van der Waals surface area contributed by atoms with Crippen LogP contribution in [0.2, 0.25) is 0 Å².